The lowest BCUT2D eigenvalue weighted by atomic mass is 10.00. The maximum Gasteiger partial charge on any atom is 0.243 e. The molecule has 0 saturated heterocycles. The van der Waals surface area contributed by atoms with E-state index in [9.17, 15) is 9.59 Å². The molecule has 1 saturated carbocycles. The van der Waals surface area contributed by atoms with Crippen LogP contribution in [-0.2, 0) is 16.0 Å². The fourth-order valence-corrected chi connectivity index (χ4v) is 2.81. The van der Waals surface area contributed by atoms with Gasteiger partial charge in [-0.25, -0.2) is 0 Å². The van der Waals surface area contributed by atoms with E-state index in [1.807, 2.05) is 55.5 Å². The molecular formula is C20H21N3O2. The highest BCUT2D eigenvalue weighted by Crippen LogP contribution is 2.45. The molecule has 5 heteroatoms. The normalized spacial score (nSPS) is 15.8. The predicted molar refractivity (Wildman–Crippen MR) is 95.5 cm³/mol. The third-order valence-corrected chi connectivity index (χ3v) is 4.77. The van der Waals surface area contributed by atoms with Crippen LogP contribution in [-0.4, -0.2) is 24.4 Å². The van der Waals surface area contributed by atoms with E-state index in [-0.39, 0.29) is 23.8 Å². The second-order valence-corrected chi connectivity index (χ2v) is 6.85. The van der Waals surface area contributed by atoms with Crippen molar-refractivity contribution in [3.8, 4) is 6.07 Å². The van der Waals surface area contributed by atoms with Crippen molar-refractivity contribution in [2.45, 2.75) is 32.2 Å². The molecule has 0 spiro atoms. The molecule has 1 unspecified atom stereocenters. The molecule has 2 amide bonds. The largest absolute Gasteiger partial charge is 0.344 e. The molecule has 25 heavy (non-hydrogen) atoms. The highest BCUT2D eigenvalue weighted by Gasteiger charge is 2.45. The van der Waals surface area contributed by atoms with Crippen molar-refractivity contribution in [2.24, 2.45) is 5.41 Å². The second-order valence-electron chi connectivity index (χ2n) is 6.85. The zero-order valence-electron chi connectivity index (χ0n) is 14.2. The summed E-state index contributed by atoms with van der Waals surface area (Å²) in [5.74, 6) is -0.419. The van der Waals surface area contributed by atoms with E-state index in [0.29, 0.717) is 6.42 Å². The average molecular weight is 335 g/mol. The molecule has 0 bridgehead atoms. The Bertz CT molecular complexity index is 849. The van der Waals surface area contributed by atoms with Gasteiger partial charge >= 0.3 is 0 Å². The van der Waals surface area contributed by atoms with Gasteiger partial charge in [0.05, 0.1) is 6.07 Å². The number of hydrogen-bond acceptors (Lipinski definition) is 3. The lowest BCUT2D eigenvalue weighted by Crippen LogP contribution is -2.49. The maximum absolute atomic E-state index is 12.4. The van der Waals surface area contributed by atoms with E-state index in [0.717, 1.165) is 29.2 Å². The second kappa shape index (κ2) is 6.94. The molecule has 0 heterocycles. The minimum atomic E-state index is -0.681. The predicted octanol–water partition coefficient (Wildman–Crippen LogP) is 2.31. The van der Waals surface area contributed by atoms with E-state index in [1.165, 1.54) is 0 Å². The molecule has 5 nitrogen and oxygen atoms in total. The Morgan fingerprint density at radius 2 is 1.92 bits per heavy atom. The molecule has 1 atom stereocenters. The fraction of sp³-hybridized carbons (Fsp3) is 0.350. The van der Waals surface area contributed by atoms with Crippen molar-refractivity contribution in [3.05, 3.63) is 48.0 Å². The zero-order valence-corrected chi connectivity index (χ0v) is 14.2. The summed E-state index contributed by atoms with van der Waals surface area (Å²) in [6.07, 6.45) is 2.09. The molecule has 0 aliphatic heterocycles. The Hall–Kier alpha value is -2.87. The van der Waals surface area contributed by atoms with Crippen LogP contribution >= 0.6 is 0 Å². The van der Waals surface area contributed by atoms with Gasteiger partial charge in [0.1, 0.15) is 12.6 Å². The molecule has 2 aromatic carbocycles. The number of carbonyl (C=O) groups excluding carboxylic acids is 2. The van der Waals surface area contributed by atoms with Crippen LogP contribution in [0.4, 0.5) is 0 Å². The standard InChI is InChI=1S/C20H21N3O2/c1-20(8-9-20)19(25)23-17(18(24)22-11-10-21)13-14-6-7-15-4-2-3-5-16(15)12-14/h2-7,12,17H,8-9,11,13H2,1H3,(H,22,24)(H,23,25). The average Bonchev–Trinajstić information content (AvgIpc) is 3.38. The van der Waals surface area contributed by atoms with E-state index in [1.54, 1.807) is 0 Å². The van der Waals surface area contributed by atoms with Gasteiger partial charge in [-0.2, -0.15) is 5.26 Å². The number of nitrogens with zero attached hydrogens (tertiary/aromatic N) is 1. The molecule has 0 radical (unpaired) electrons. The van der Waals surface area contributed by atoms with Gasteiger partial charge in [-0.3, -0.25) is 9.59 Å². The fourth-order valence-electron chi connectivity index (χ4n) is 2.81. The number of amides is 2. The monoisotopic (exact) mass is 335 g/mol. The number of hydrogen-bond donors (Lipinski definition) is 2. The molecule has 1 aliphatic carbocycles. The Balaban J connectivity index is 1.78. The topological polar surface area (TPSA) is 82.0 Å². The number of fused-ring (bicyclic) bond motifs is 1. The van der Waals surface area contributed by atoms with Gasteiger partial charge in [0, 0.05) is 11.8 Å². The Labute approximate surface area is 147 Å². The number of nitrogens with one attached hydrogen (secondary N) is 2. The SMILES string of the molecule is CC1(C(=O)NC(Cc2ccc3ccccc3c2)C(=O)NCC#N)CC1. The Morgan fingerprint density at radius 3 is 2.60 bits per heavy atom. The molecule has 2 N–H and O–H groups in total. The highest BCUT2D eigenvalue weighted by molar-refractivity contribution is 5.91. The smallest absolute Gasteiger partial charge is 0.243 e. The summed E-state index contributed by atoms with van der Waals surface area (Å²) < 4.78 is 0. The molecule has 128 valence electrons. The van der Waals surface area contributed by atoms with Crippen LogP contribution < -0.4 is 10.6 Å². The lowest BCUT2D eigenvalue weighted by Gasteiger charge is -2.20. The third kappa shape index (κ3) is 3.97. The van der Waals surface area contributed by atoms with Crippen molar-refractivity contribution in [1.29, 1.82) is 5.26 Å². The summed E-state index contributed by atoms with van der Waals surface area (Å²) in [4.78, 5) is 24.7. The van der Waals surface area contributed by atoms with Gasteiger partial charge in [-0.1, -0.05) is 49.4 Å². The summed E-state index contributed by atoms with van der Waals surface area (Å²) in [6, 6.07) is 15.2. The van der Waals surface area contributed by atoms with E-state index in [4.69, 9.17) is 5.26 Å². The van der Waals surface area contributed by atoms with Crippen LogP contribution in [0.1, 0.15) is 25.3 Å². The minimum Gasteiger partial charge on any atom is -0.344 e. The van der Waals surface area contributed by atoms with Crippen LogP contribution in [0.15, 0.2) is 42.5 Å². The first-order chi connectivity index (χ1) is 12.0. The third-order valence-electron chi connectivity index (χ3n) is 4.77. The van der Waals surface area contributed by atoms with E-state index in [2.05, 4.69) is 10.6 Å². The lowest BCUT2D eigenvalue weighted by molar-refractivity contribution is -0.131. The molecule has 2 aromatic rings. The van der Waals surface area contributed by atoms with Crippen LogP contribution in [0.2, 0.25) is 0 Å². The summed E-state index contributed by atoms with van der Waals surface area (Å²) in [5.41, 5.74) is 0.619. The van der Waals surface area contributed by atoms with Crippen molar-refractivity contribution in [2.75, 3.05) is 6.54 Å². The summed E-state index contributed by atoms with van der Waals surface area (Å²) in [5, 5.41) is 16.3. The summed E-state index contributed by atoms with van der Waals surface area (Å²) >= 11 is 0. The van der Waals surface area contributed by atoms with Crippen molar-refractivity contribution in [3.63, 3.8) is 0 Å². The molecule has 1 fully saturated rings. The summed E-state index contributed by atoms with van der Waals surface area (Å²) in [6.45, 7) is 1.84. The van der Waals surface area contributed by atoms with E-state index < -0.39 is 6.04 Å². The Kier molecular flexibility index (Phi) is 4.71. The number of carbonyl (C=O) groups is 2. The number of rotatable bonds is 6. The first kappa shape index (κ1) is 17.0. The van der Waals surface area contributed by atoms with Crippen LogP contribution in [0.25, 0.3) is 10.8 Å². The molecule has 3 rings (SSSR count). The Morgan fingerprint density at radius 1 is 1.20 bits per heavy atom. The summed E-state index contributed by atoms with van der Waals surface area (Å²) in [7, 11) is 0. The number of benzene rings is 2. The quantitative estimate of drug-likeness (QED) is 0.795. The molecule has 0 aromatic heterocycles. The van der Waals surface area contributed by atoms with Gasteiger partial charge in [0.2, 0.25) is 11.8 Å². The van der Waals surface area contributed by atoms with Gasteiger partial charge in [-0.15, -0.1) is 0 Å². The van der Waals surface area contributed by atoms with Gasteiger partial charge in [-0.05, 0) is 29.2 Å². The first-order valence-electron chi connectivity index (χ1n) is 8.45. The van der Waals surface area contributed by atoms with Crippen LogP contribution in [0.3, 0.4) is 0 Å². The van der Waals surface area contributed by atoms with Gasteiger partial charge in [0.25, 0.3) is 0 Å². The van der Waals surface area contributed by atoms with Crippen molar-refractivity contribution < 1.29 is 9.59 Å². The van der Waals surface area contributed by atoms with Gasteiger partial charge < -0.3 is 10.6 Å². The van der Waals surface area contributed by atoms with Gasteiger partial charge in [0.15, 0.2) is 0 Å². The minimum absolute atomic E-state index is 0.0693. The number of nitriles is 1. The van der Waals surface area contributed by atoms with Crippen LogP contribution in [0, 0.1) is 16.7 Å². The highest BCUT2D eigenvalue weighted by atomic mass is 16.2. The maximum atomic E-state index is 12.4. The molecular weight excluding hydrogens is 314 g/mol. The zero-order chi connectivity index (χ0) is 17.9. The van der Waals surface area contributed by atoms with Crippen LogP contribution in [0.5, 0.6) is 0 Å². The first-order valence-corrected chi connectivity index (χ1v) is 8.45. The van der Waals surface area contributed by atoms with E-state index >= 15 is 0 Å². The molecule has 1 aliphatic rings. The van der Waals surface area contributed by atoms with Crippen molar-refractivity contribution >= 4 is 22.6 Å². The van der Waals surface area contributed by atoms with Crippen molar-refractivity contribution in [1.82, 2.24) is 10.6 Å².